The molecule has 0 bridgehead atoms. The molecule has 1 amide bonds. The Labute approximate surface area is 128 Å². The van der Waals surface area contributed by atoms with Gasteiger partial charge in [0.2, 0.25) is 5.91 Å². The molecule has 0 radical (unpaired) electrons. The van der Waals surface area contributed by atoms with Gasteiger partial charge in [-0.15, -0.1) is 0 Å². The van der Waals surface area contributed by atoms with Crippen LogP contribution < -0.4 is 10.6 Å². The highest BCUT2D eigenvalue weighted by Crippen LogP contribution is 2.30. The zero-order chi connectivity index (χ0) is 14.7. The van der Waals surface area contributed by atoms with Crippen molar-refractivity contribution in [3.8, 4) is 0 Å². The van der Waals surface area contributed by atoms with Crippen LogP contribution in [-0.4, -0.2) is 10.9 Å². The molecule has 5 heteroatoms. The van der Waals surface area contributed by atoms with E-state index in [2.05, 4.69) is 15.6 Å². The van der Waals surface area contributed by atoms with Crippen LogP contribution in [0.1, 0.15) is 18.4 Å². The lowest BCUT2D eigenvalue weighted by Gasteiger charge is -2.09. The van der Waals surface area contributed by atoms with Gasteiger partial charge < -0.3 is 10.6 Å². The lowest BCUT2D eigenvalue weighted by atomic mass is 10.2. The molecule has 1 aliphatic carbocycles. The summed E-state index contributed by atoms with van der Waals surface area (Å²) >= 11 is 6.11. The largest absolute Gasteiger partial charge is 0.380 e. The van der Waals surface area contributed by atoms with Crippen molar-refractivity contribution in [3.63, 3.8) is 0 Å². The van der Waals surface area contributed by atoms with Crippen LogP contribution in [0.4, 0.5) is 11.5 Å². The Kier molecular flexibility index (Phi) is 4.06. The zero-order valence-corrected chi connectivity index (χ0v) is 12.2. The summed E-state index contributed by atoms with van der Waals surface area (Å²) in [6.45, 7) is 0.634. The molecule has 1 aromatic carbocycles. The van der Waals surface area contributed by atoms with E-state index in [1.54, 1.807) is 12.3 Å². The summed E-state index contributed by atoms with van der Waals surface area (Å²) in [4.78, 5) is 15.9. The van der Waals surface area contributed by atoms with Crippen molar-refractivity contribution in [2.24, 2.45) is 5.92 Å². The maximum Gasteiger partial charge on any atom is 0.228 e. The molecule has 0 saturated heterocycles. The highest BCUT2D eigenvalue weighted by atomic mass is 35.5. The highest BCUT2D eigenvalue weighted by Gasteiger charge is 2.29. The molecular weight excluding hydrogens is 286 g/mol. The summed E-state index contributed by atoms with van der Waals surface area (Å²) in [6.07, 6.45) is 3.69. The molecule has 108 valence electrons. The van der Waals surface area contributed by atoms with Crippen molar-refractivity contribution >= 4 is 29.0 Å². The zero-order valence-electron chi connectivity index (χ0n) is 11.5. The molecular formula is C16H16ClN3O. The van der Waals surface area contributed by atoms with Crippen molar-refractivity contribution in [1.82, 2.24) is 4.98 Å². The molecule has 0 unspecified atom stereocenters. The van der Waals surface area contributed by atoms with Gasteiger partial charge in [0.25, 0.3) is 0 Å². The summed E-state index contributed by atoms with van der Waals surface area (Å²) in [7, 11) is 0. The van der Waals surface area contributed by atoms with Gasteiger partial charge in [-0.3, -0.25) is 4.79 Å². The quantitative estimate of drug-likeness (QED) is 0.885. The fourth-order valence-electron chi connectivity index (χ4n) is 1.99. The maximum atomic E-state index is 11.6. The molecule has 0 aliphatic heterocycles. The van der Waals surface area contributed by atoms with Crippen molar-refractivity contribution in [2.45, 2.75) is 19.4 Å². The minimum atomic E-state index is 0.0688. The molecule has 0 atom stereocenters. The molecule has 1 heterocycles. The molecule has 1 aromatic heterocycles. The third-order valence-electron chi connectivity index (χ3n) is 3.40. The summed E-state index contributed by atoms with van der Waals surface area (Å²) < 4.78 is 0. The maximum absolute atomic E-state index is 11.6. The lowest BCUT2D eigenvalue weighted by molar-refractivity contribution is -0.117. The SMILES string of the molecule is O=C(Nc1ccc(NCc2ccccc2Cl)cn1)C1CC1. The average Bonchev–Trinajstić information content (AvgIpc) is 3.33. The number of nitrogens with one attached hydrogen (secondary N) is 2. The van der Waals surface area contributed by atoms with Gasteiger partial charge in [-0.25, -0.2) is 4.98 Å². The van der Waals surface area contributed by atoms with E-state index in [9.17, 15) is 4.79 Å². The van der Waals surface area contributed by atoms with E-state index in [1.807, 2.05) is 30.3 Å². The van der Waals surface area contributed by atoms with Gasteiger partial charge in [0, 0.05) is 17.5 Å². The number of hydrogen-bond donors (Lipinski definition) is 2. The topological polar surface area (TPSA) is 54.0 Å². The Morgan fingerprint density at radius 3 is 2.71 bits per heavy atom. The number of pyridine rings is 1. The highest BCUT2D eigenvalue weighted by molar-refractivity contribution is 6.31. The number of aromatic nitrogens is 1. The van der Waals surface area contributed by atoms with E-state index in [0.29, 0.717) is 12.4 Å². The first-order valence-corrected chi connectivity index (χ1v) is 7.34. The molecule has 21 heavy (non-hydrogen) atoms. The smallest absolute Gasteiger partial charge is 0.228 e. The molecule has 1 fully saturated rings. The predicted molar refractivity (Wildman–Crippen MR) is 84.4 cm³/mol. The van der Waals surface area contributed by atoms with Gasteiger partial charge in [-0.2, -0.15) is 0 Å². The molecule has 1 aliphatic rings. The number of carbonyl (C=O) groups excluding carboxylic acids is 1. The van der Waals surface area contributed by atoms with Crippen LogP contribution in [0.2, 0.25) is 5.02 Å². The minimum absolute atomic E-state index is 0.0688. The van der Waals surface area contributed by atoms with Crippen molar-refractivity contribution in [1.29, 1.82) is 0 Å². The molecule has 3 rings (SSSR count). The Bertz CT molecular complexity index is 638. The van der Waals surface area contributed by atoms with Crippen molar-refractivity contribution < 1.29 is 4.79 Å². The number of benzene rings is 1. The monoisotopic (exact) mass is 301 g/mol. The lowest BCUT2D eigenvalue weighted by Crippen LogP contribution is -2.14. The Morgan fingerprint density at radius 1 is 1.24 bits per heavy atom. The Hall–Kier alpha value is -2.07. The van der Waals surface area contributed by atoms with Crippen molar-refractivity contribution in [2.75, 3.05) is 10.6 Å². The number of rotatable bonds is 5. The number of carbonyl (C=O) groups is 1. The molecule has 1 saturated carbocycles. The number of hydrogen-bond acceptors (Lipinski definition) is 3. The fourth-order valence-corrected chi connectivity index (χ4v) is 2.19. The predicted octanol–water partition coefficient (Wildman–Crippen LogP) is 3.70. The number of nitrogens with zero attached hydrogens (tertiary/aromatic N) is 1. The van der Waals surface area contributed by atoms with E-state index in [0.717, 1.165) is 29.1 Å². The van der Waals surface area contributed by atoms with Crippen LogP contribution in [0, 0.1) is 5.92 Å². The van der Waals surface area contributed by atoms with E-state index < -0.39 is 0 Å². The second-order valence-corrected chi connectivity index (χ2v) is 5.55. The van der Waals surface area contributed by atoms with E-state index in [1.165, 1.54) is 0 Å². The normalized spacial score (nSPS) is 13.8. The number of anilines is 2. The van der Waals surface area contributed by atoms with E-state index in [-0.39, 0.29) is 11.8 Å². The average molecular weight is 302 g/mol. The summed E-state index contributed by atoms with van der Waals surface area (Å²) in [5.41, 5.74) is 1.92. The van der Waals surface area contributed by atoms with Gasteiger partial charge >= 0.3 is 0 Å². The second-order valence-electron chi connectivity index (χ2n) is 5.14. The first-order valence-electron chi connectivity index (χ1n) is 6.96. The molecule has 2 N–H and O–H groups in total. The Balaban J connectivity index is 1.56. The standard InChI is InChI=1S/C16H16ClN3O/c17-14-4-2-1-3-12(14)9-18-13-7-8-15(19-10-13)20-16(21)11-5-6-11/h1-4,7-8,10-11,18H,5-6,9H2,(H,19,20,21). The second kappa shape index (κ2) is 6.14. The van der Waals surface area contributed by atoms with Crippen LogP contribution in [0.15, 0.2) is 42.6 Å². The van der Waals surface area contributed by atoms with Gasteiger partial charge in [0.1, 0.15) is 5.82 Å². The fraction of sp³-hybridized carbons (Fsp3) is 0.250. The number of halogens is 1. The van der Waals surface area contributed by atoms with Crippen LogP contribution in [0.5, 0.6) is 0 Å². The van der Waals surface area contributed by atoms with Crippen molar-refractivity contribution in [3.05, 3.63) is 53.2 Å². The summed E-state index contributed by atoms with van der Waals surface area (Å²) in [6, 6.07) is 11.4. The van der Waals surface area contributed by atoms with E-state index >= 15 is 0 Å². The van der Waals surface area contributed by atoms with Crippen LogP contribution in [0.3, 0.4) is 0 Å². The molecule has 0 spiro atoms. The third-order valence-corrected chi connectivity index (χ3v) is 3.77. The van der Waals surface area contributed by atoms with E-state index in [4.69, 9.17) is 11.6 Å². The minimum Gasteiger partial charge on any atom is -0.380 e. The van der Waals surface area contributed by atoms with Crippen LogP contribution in [-0.2, 0) is 11.3 Å². The van der Waals surface area contributed by atoms with Crippen LogP contribution in [0.25, 0.3) is 0 Å². The first kappa shape index (κ1) is 13.9. The van der Waals surface area contributed by atoms with Crippen LogP contribution >= 0.6 is 11.6 Å². The number of amides is 1. The van der Waals surface area contributed by atoms with Gasteiger partial charge in [-0.05, 0) is 36.6 Å². The molecule has 2 aromatic rings. The third kappa shape index (κ3) is 3.73. The summed E-state index contributed by atoms with van der Waals surface area (Å²) in [5, 5.41) is 6.81. The molecule has 4 nitrogen and oxygen atoms in total. The Morgan fingerprint density at radius 2 is 2.05 bits per heavy atom. The van der Waals surface area contributed by atoms with Gasteiger partial charge in [0.15, 0.2) is 0 Å². The van der Waals surface area contributed by atoms with Gasteiger partial charge in [-0.1, -0.05) is 29.8 Å². The van der Waals surface area contributed by atoms with Gasteiger partial charge in [0.05, 0.1) is 11.9 Å². The summed E-state index contributed by atoms with van der Waals surface area (Å²) in [5.74, 6) is 0.847. The first-order chi connectivity index (χ1) is 10.2.